The Kier molecular flexibility index (Phi) is 5.94. The maximum absolute atomic E-state index is 13.0. The van der Waals surface area contributed by atoms with Gasteiger partial charge < -0.3 is 19.3 Å². The van der Waals surface area contributed by atoms with Gasteiger partial charge in [-0.15, -0.1) is 0 Å². The van der Waals surface area contributed by atoms with Crippen LogP contribution in [-0.4, -0.2) is 50.2 Å². The minimum atomic E-state index is -0.243. The Balaban J connectivity index is 1.50. The second-order valence-electron chi connectivity index (χ2n) is 6.01. The third-order valence-electron chi connectivity index (χ3n) is 4.32. The van der Waals surface area contributed by atoms with Crippen LogP contribution < -0.4 is 14.4 Å². The number of hydrogen-bond acceptors (Lipinski definition) is 4. The molecule has 5 nitrogen and oxygen atoms in total. The van der Waals surface area contributed by atoms with Gasteiger partial charge in [0, 0.05) is 31.9 Å². The van der Waals surface area contributed by atoms with Crippen LogP contribution in [-0.2, 0) is 4.79 Å². The Bertz CT molecular complexity index is 728. The Morgan fingerprint density at radius 2 is 1.58 bits per heavy atom. The van der Waals surface area contributed by atoms with Crippen LogP contribution in [0.1, 0.15) is 6.92 Å². The third kappa shape index (κ3) is 4.45. The van der Waals surface area contributed by atoms with Crippen LogP contribution in [0.3, 0.4) is 0 Å². The summed E-state index contributed by atoms with van der Waals surface area (Å²) in [7, 11) is 0. The van der Waals surface area contributed by atoms with Crippen LogP contribution in [0, 0.1) is 5.82 Å². The highest BCUT2D eigenvalue weighted by Gasteiger charge is 2.22. The lowest BCUT2D eigenvalue weighted by molar-refractivity contribution is -0.133. The monoisotopic (exact) mass is 358 g/mol. The molecule has 1 aliphatic heterocycles. The summed E-state index contributed by atoms with van der Waals surface area (Å²) in [5.74, 6) is 0.929. The third-order valence-corrected chi connectivity index (χ3v) is 4.32. The van der Waals surface area contributed by atoms with Crippen molar-refractivity contribution in [2.75, 3.05) is 44.3 Å². The van der Waals surface area contributed by atoms with Gasteiger partial charge >= 0.3 is 0 Å². The molecule has 2 aromatic rings. The van der Waals surface area contributed by atoms with E-state index in [1.165, 1.54) is 12.1 Å². The number of carbonyl (C=O) groups is 1. The fraction of sp³-hybridized carbons (Fsp3) is 0.350. The number of benzene rings is 2. The first-order valence-corrected chi connectivity index (χ1v) is 8.80. The molecule has 1 saturated heterocycles. The van der Waals surface area contributed by atoms with E-state index in [-0.39, 0.29) is 18.3 Å². The Morgan fingerprint density at radius 1 is 0.962 bits per heavy atom. The number of rotatable bonds is 6. The fourth-order valence-electron chi connectivity index (χ4n) is 2.94. The molecule has 0 unspecified atom stereocenters. The van der Waals surface area contributed by atoms with E-state index in [1.807, 2.05) is 25.1 Å². The number of carbonyl (C=O) groups excluding carboxylic acids is 1. The van der Waals surface area contributed by atoms with E-state index in [9.17, 15) is 9.18 Å². The largest absolute Gasteiger partial charge is 0.490 e. The Morgan fingerprint density at radius 3 is 2.19 bits per heavy atom. The summed E-state index contributed by atoms with van der Waals surface area (Å²) in [6, 6.07) is 13.8. The molecular weight excluding hydrogens is 335 g/mol. The second kappa shape index (κ2) is 8.56. The van der Waals surface area contributed by atoms with Crippen molar-refractivity contribution in [3.63, 3.8) is 0 Å². The topological polar surface area (TPSA) is 42.0 Å². The molecule has 1 heterocycles. The first-order valence-electron chi connectivity index (χ1n) is 8.80. The predicted molar refractivity (Wildman–Crippen MR) is 98.3 cm³/mol. The predicted octanol–water partition coefficient (Wildman–Crippen LogP) is 2.95. The minimum absolute atomic E-state index is 0.0133. The molecule has 26 heavy (non-hydrogen) atoms. The molecule has 0 spiro atoms. The molecule has 0 aliphatic carbocycles. The van der Waals surface area contributed by atoms with E-state index in [4.69, 9.17) is 9.47 Å². The van der Waals surface area contributed by atoms with Gasteiger partial charge in [-0.1, -0.05) is 12.1 Å². The highest BCUT2D eigenvalue weighted by atomic mass is 19.1. The van der Waals surface area contributed by atoms with Crippen molar-refractivity contribution >= 4 is 11.6 Å². The summed E-state index contributed by atoms with van der Waals surface area (Å²) < 4.78 is 24.2. The number of piperazine rings is 1. The maximum atomic E-state index is 13.0. The lowest BCUT2D eigenvalue weighted by Gasteiger charge is -2.36. The zero-order valence-corrected chi connectivity index (χ0v) is 14.9. The van der Waals surface area contributed by atoms with Crippen LogP contribution >= 0.6 is 0 Å². The lowest BCUT2D eigenvalue weighted by atomic mass is 10.2. The summed E-state index contributed by atoms with van der Waals surface area (Å²) in [6.07, 6.45) is 0. The molecular formula is C20H23FN2O3. The average Bonchev–Trinajstić information content (AvgIpc) is 2.68. The molecule has 1 fully saturated rings. The Hall–Kier alpha value is -2.76. The second-order valence-corrected chi connectivity index (χ2v) is 6.01. The SMILES string of the molecule is CCOc1ccccc1OCC(=O)N1CCN(c2ccc(F)cc2)CC1. The van der Waals surface area contributed by atoms with Crippen molar-refractivity contribution in [1.29, 1.82) is 0 Å². The summed E-state index contributed by atoms with van der Waals surface area (Å²) >= 11 is 0. The van der Waals surface area contributed by atoms with Gasteiger partial charge in [0.15, 0.2) is 18.1 Å². The van der Waals surface area contributed by atoms with Crippen LogP contribution in [0.25, 0.3) is 0 Å². The van der Waals surface area contributed by atoms with Crippen molar-refractivity contribution in [1.82, 2.24) is 4.90 Å². The molecule has 0 atom stereocenters. The fourth-order valence-corrected chi connectivity index (χ4v) is 2.94. The normalized spacial score (nSPS) is 14.2. The van der Waals surface area contributed by atoms with E-state index in [1.54, 1.807) is 23.1 Å². The molecule has 0 bridgehead atoms. The highest BCUT2D eigenvalue weighted by molar-refractivity contribution is 5.78. The average molecular weight is 358 g/mol. The van der Waals surface area contributed by atoms with Gasteiger partial charge in [0.25, 0.3) is 5.91 Å². The maximum Gasteiger partial charge on any atom is 0.260 e. The zero-order chi connectivity index (χ0) is 18.4. The molecule has 138 valence electrons. The number of nitrogens with zero attached hydrogens (tertiary/aromatic N) is 2. The summed E-state index contributed by atoms with van der Waals surface area (Å²) in [5.41, 5.74) is 0.973. The van der Waals surface area contributed by atoms with Gasteiger partial charge in [-0.3, -0.25) is 4.79 Å². The molecule has 0 radical (unpaired) electrons. The standard InChI is InChI=1S/C20H23FN2O3/c1-2-25-18-5-3-4-6-19(18)26-15-20(24)23-13-11-22(12-14-23)17-9-7-16(21)8-10-17/h3-10H,2,11-15H2,1H3. The summed E-state index contributed by atoms with van der Waals surface area (Å²) in [5, 5.41) is 0. The number of para-hydroxylation sites is 2. The highest BCUT2D eigenvalue weighted by Crippen LogP contribution is 2.26. The van der Waals surface area contributed by atoms with Crippen LogP contribution in [0.4, 0.5) is 10.1 Å². The summed E-state index contributed by atoms with van der Waals surface area (Å²) in [6.45, 7) is 5.10. The molecule has 1 amide bonds. The molecule has 6 heteroatoms. The van der Waals surface area contributed by atoms with Crippen LogP contribution in [0.15, 0.2) is 48.5 Å². The first kappa shape index (κ1) is 18.0. The number of amides is 1. The van der Waals surface area contributed by atoms with Gasteiger partial charge in [0.1, 0.15) is 5.82 Å². The molecule has 3 rings (SSSR count). The lowest BCUT2D eigenvalue weighted by Crippen LogP contribution is -2.50. The summed E-state index contributed by atoms with van der Waals surface area (Å²) in [4.78, 5) is 16.4. The number of ether oxygens (including phenoxy) is 2. The van der Waals surface area contributed by atoms with Crippen molar-refractivity contribution in [2.45, 2.75) is 6.92 Å². The van der Waals surface area contributed by atoms with Crippen LogP contribution in [0.2, 0.25) is 0 Å². The van der Waals surface area contributed by atoms with E-state index in [0.717, 1.165) is 5.69 Å². The van der Waals surface area contributed by atoms with Gasteiger partial charge in [-0.2, -0.15) is 0 Å². The molecule has 0 saturated carbocycles. The zero-order valence-electron chi connectivity index (χ0n) is 14.9. The Labute approximate surface area is 152 Å². The van der Waals surface area contributed by atoms with Gasteiger partial charge in [0.05, 0.1) is 6.61 Å². The quantitative estimate of drug-likeness (QED) is 0.796. The molecule has 0 aromatic heterocycles. The smallest absolute Gasteiger partial charge is 0.260 e. The van der Waals surface area contributed by atoms with E-state index in [0.29, 0.717) is 44.3 Å². The minimum Gasteiger partial charge on any atom is -0.490 e. The van der Waals surface area contributed by atoms with Gasteiger partial charge in [-0.05, 0) is 43.3 Å². The van der Waals surface area contributed by atoms with Gasteiger partial charge in [0.2, 0.25) is 0 Å². The van der Waals surface area contributed by atoms with Crippen molar-refractivity contribution in [3.8, 4) is 11.5 Å². The number of anilines is 1. The molecule has 0 N–H and O–H groups in total. The van der Waals surface area contributed by atoms with E-state index < -0.39 is 0 Å². The van der Waals surface area contributed by atoms with Crippen molar-refractivity contribution < 1.29 is 18.7 Å². The van der Waals surface area contributed by atoms with E-state index in [2.05, 4.69) is 4.90 Å². The van der Waals surface area contributed by atoms with Crippen molar-refractivity contribution in [2.24, 2.45) is 0 Å². The van der Waals surface area contributed by atoms with E-state index >= 15 is 0 Å². The van der Waals surface area contributed by atoms with Gasteiger partial charge in [-0.25, -0.2) is 4.39 Å². The first-order chi connectivity index (χ1) is 12.7. The van der Waals surface area contributed by atoms with Crippen molar-refractivity contribution in [3.05, 3.63) is 54.3 Å². The molecule has 2 aromatic carbocycles. The number of hydrogen-bond donors (Lipinski definition) is 0. The molecule has 1 aliphatic rings. The number of halogens is 1. The van der Waals surface area contributed by atoms with Crippen LogP contribution in [0.5, 0.6) is 11.5 Å².